The first-order chi connectivity index (χ1) is 15.6. The van der Waals surface area contributed by atoms with Crippen LogP contribution in [-0.4, -0.2) is 71.8 Å². The third-order valence-electron chi connectivity index (χ3n) is 5.01. The van der Waals surface area contributed by atoms with E-state index < -0.39 is 10.0 Å². The molecule has 33 heavy (non-hydrogen) atoms. The second-order valence-corrected chi connectivity index (χ2v) is 10.3. The van der Waals surface area contributed by atoms with Crippen LogP contribution in [0.4, 0.5) is 0 Å². The zero-order valence-corrected chi connectivity index (χ0v) is 20.9. The van der Waals surface area contributed by atoms with Crippen molar-refractivity contribution in [2.24, 2.45) is 0 Å². The lowest BCUT2D eigenvalue weighted by molar-refractivity contribution is -0.144. The third-order valence-corrected chi connectivity index (χ3v) is 7.38. The minimum Gasteiger partial charge on any atom is -0.490 e. The quantitative estimate of drug-likeness (QED) is 0.238. The maximum absolute atomic E-state index is 12.2. The molecule has 0 unspecified atom stereocenters. The van der Waals surface area contributed by atoms with Crippen molar-refractivity contribution in [3.8, 4) is 5.75 Å². The molecule has 1 aromatic carbocycles. The van der Waals surface area contributed by atoms with Crippen LogP contribution in [-0.2, 0) is 26.0 Å². The summed E-state index contributed by atoms with van der Waals surface area (Å²) in [6, 6.07) is 6.09. The molecule has 0 fully saturated rings. The lowest BCUT2D eigenvalue weighted by atomic mass is 10.1. The second-order valence-electron chi connectivity index (χ2n) is 7.40. The summed E-state index contributed by atoms with van der Waals surface area (Å²) in [5.41, 5.74) is 2.66. The molecule has 0 aliphatic carbocycles. The fraction of sp³-hybridized carbons (Fsp3) is 0.429. The largest absolute Gasteiger partial charge is 0.490 e. The Morgan fingerprint density at radius 2 is 1.82 bits per heavy atom. The maximum atomic E-state index is 12.2. The fourth-order valence-electron chi connectivity index (χ4n) is 3.17. The molecule has 0 amide bonds. The van der Waals surface area contributed by atoms with Crippen LogP contribution >= 0.6 is 11.8 Å². The van der Waals surface area contributed by atoms with Gasteiger partial charge in [-0.05, 0) is 56.4 Å². The average Bonchev–Trinajstić information content (AvgIpc) is 3.20. The van der Waals surface area contributed by atoms with Gasteiger partial charge in [0.25, 0.3) is 5.78 Å². The van der Waals surface area contributed by atoms with Gasteiger partial charge in [-0.3, -0.25) is 4.79 Å². The number of hydrogen-bond acceptors (Lipinski definition) is 9. The van der Waals surface area contributed by atoms with Crippen LogP contribution in [0.5, 0.6) is 5.75 Å². The van der Waals surface area contributed by atoms with Gasteiger partial charge >= 0.3 is 5.97 Å². The number of ether oxygens (including phenoxy) is 2. The number of carbonyl (C=O) groups is 1. The van der Waals surface area contributed by atoms with Crippen molar-refractivity contribution in [3.05, 3.63) is 41.2 Å². The topological polar surface area (TPSA) is 116 Å². The summed E-state index contributed by atoms with van der Waals surface area (Å²) in [5, 5.41) is 5.06. The number of hydrogen-bond donors (Lipinski definition) is 0. The molecule has 0 atom stereocenters. The second kappa shape index (κ2) is 10.5. The van der Waals surface area contributed by atoms with E-state index in [0.717, 1.165) is 21.3 Å². The van der Waals surface area contributed by atoms with Gasteiger partial charge in [-0.1, -0.05) is 11.8 Å². The lowest BCUT2D eigenvalue weighted by Gasteiger charge is -2.12. The van der Waals surface area contributed by atoms with Gasteiger partial charge in [-0.25, -0.2) is 22.2 Å². The fourth-order valence-corrected chi connectivity index (χ4v) is 4.41. The molecule has 0 N–H and O–H groups in total. The van der Waals surface area contributed by atoms with Gasteiger partial charge in [-0.2, -0.15) is 4.98 Å². The normalized spacial score (nSPS) is 11.8. The van der Waals surface area contributed by atoms with Crippen molar-refractivity contribution in [1.29, 1.82) is 0 Å². The number of aromatic nitrogens is 4. The van der Waals surface area contributed by atoms with Gasteiger partial charge in [0.1, 0.15) is 19.0 Å². The smallest absolute Gasteiger partial charge is 0.306 e. The Bertz CT molecular complexity index is 1240. The number of esters is 1. The Balaban J connectivity index is 1.48. The monoisotopic (exact) mass is 493 g/mol. The first-order valence-electron chi connectivity index (χ1n) is 10.2. The first-order valence-corrected chi connectivity index (χ1v) is 12.9. The minimum atomic E-state index is -3.48. The van der Waals surface area contributed by atoms with Crippen LogP contribution in [0.1, 0.15) is 23.4 Å². The van der Waals surface area contributed by atoms with Crippen molar-refractivity contribution in [2.75, 3.05) is 33.6 Å². The number of thioether (sulfide) groups is 1. The number of aryl methyl sites for hydroxylation is 2. The average molecular weight is 494 g/mol. The van der Waals surface area contributed by atoms with Crippen molar-refractivity contribution >= 4 is 33.5 Å². The zero-order valence-electron chi connectivity index (χ0n) is 19.2. The third kappa shape index (κ3) is 5.81. The lowest BCUT2D eigenvalue weighted by Crippen LogP contribution is -2.22. The molecule has 2 aromatic heterocycles. The molecule has 0 radical (unpaired) electrons. The van der Waals surface area contributed by atoms with Crippen molar-refractivity contribution < 1.29 is 22.7 Å². The van der Waals surface area contributed by atoms with E-state index in [1.54, 1.807) is 16.6 Å². The number of benzene rings is 1. The summed E-state index contributed by atoms with van der Waals surface area (Å²) in [6.45, 7) is 4.08. The number of rotatable bonds is 10. The zero-order chi connectivity index (χ0) is 24.2. The van der Waals surface area contributed by atoms with Crippen LogP contribution in [0.2, 0.25) is 0 Å². The SMILES string of the molecule is CSc1nc2nc(C)c(CCC(=O)OCCOc3ccc(S(=O)(=O)N(C)C)cc3)c(C)n2n1. The highest BCUT2D eigenvalue weighted by molar-refractivity contribution is 7.98. The standard InChI is InChI=1S/C21H27N5O5S2/c1-14-18(15(2)26-20(22-14)23-21(24-26)32-5)10-11-19(27)31-13-12-30-16-6-8-17(9-7-16)33(28,29)25(3)4/h6-9H,10-13H2,1-5H3. The molecular weight excluding hydrogens is 466 g/mol. The predicted molar refractivity (Wildman–Crippen MR) is 124 cm³/mol. The molecular formula is C21H27N5O5S2. The van der Waals surface area contributed by atoms with E-state index in [9.17, 15) is 13.2 Å². The van der Waals surface area contributed by atoms with Crippen LogP contribution < -0.4 is 4.74 Å². The van der Waals surface area contributed by atoms with E-state index in [2.05, 4.69) is 15.1 Å². The summed E-state index contributed by atoms with van der Waals surface area (Å²) in [7, 11) is -0.537. The summed E-state index contributed by atoms with van der Waals surface area (Å²) < 4.78 is 37.8. The summed E-state index contributed by atoms with van der Waals surface area (Å²) >= 11 is 1.45. The number of nitrogens with zero attached hydrogens (tertiary/aromatic N) is 5. The van der Waals surface area contributed by atoms with Gasteiger partial charge < -0.3 is 9.47 Å². The summed E-state index contributed by atoms with van der Waals surface area (Å²) in [4.78, 5) is 21.2. The molecule has 10 nitrogen and oxygen atoms in total. The Labute approximate surface area is 197 Å². The van der Waals surface area contributed by atoms with Crippen LogP contribution in [0, 0.1) is 13.8 Å². The van der Waals surface area contributed by atoms with E-state index in [0.29, 0.717) is 23.1 Å². The van der Waals surface area contributed by atoms with Crippen LogP contribution in [0.15, 0.2) is 34.3 Å². The van der Waals surface area contributed by atoms with E-state index in [-0.39, 0.29) is 30.5 Å². The van der Waals surface area contributed by atoms with Gasteiger partial charge in [0.05, 0.1) is 4.90 Å². The van der Waals surface area contributed by atoms with E-state index in [4.69, 9.17) is 9.47 Å². The maximum Gasteiger partial charge on any atom is 0.306 e. The van der Waals surface area contributed by atoms with Gasteiger partial charge in [0.2, 0.25) is 15.2 Å². The van der Waals surface area contributed by atoms with Crippen molar-refractivity contribution in [2.45, 2.75) is 36.7 Å². The molecule has 0 aliphatic heterocycles. The highest BCUT2D eigenvalue weighted by Crippen LogP contribution is 2.19. The molecule has 12 heteroatoms. The minimum absolute atomic E-state index is 0.0893. The van der Waals surface area contributed by atoms with Crippen molar-refractivity contribution in [3.63, 3.8) is 0 Å². The number of carbonyl (C=O) groups excluding carboxylic acids is 1. The Kier molecular flexibility index (Phi) is 7.92. The molecule has 3 rings (SSSR count). The number of sulfonamides is 1. The molecule has 0 aliphatic rings. The Morgan fingerprint density at radius 3 is 2.45 bits per heavy atom. The van der Waals surface area contributed by atoms with E-state index in [1.165, 1.54) is 38.0 Å². The van der Waals surface area contributed by atoms with Crippen molar-refractivity contribution in [1.82, 2.24) is 23.9 Å². The van der Waals surface area contributed by atoms with E-state index in [1.807, 2.05) is 20.1 Å². The first kappa shape index (κ1) is 24.9. The highest BCUT2D eigenvalue weighted by atomic mass is 32.2. The molecule has 0 saturated heterocycles. The Morgan fingerprint density at radius 1 is 1.12 bits per heavy atom. The van der Waals surface area contributed by atoms with E-state index >= 15 is 0 Å². The number of fused-ring (bicyclic) bond motifs is 1. The summed E-state index contributed by atoms with van der Waals surface area (Å²) in [6.07, 6.45) is 2.59. The van der Waals surface area contributed by atoms with Gasteiger partial charge in [-0.15, -0.1) is 5.10 Å². The molecule has 0 saturated carbocycles. The molecule has 2 heterocycles. The van der Waals surface area contributed by atoms with Gasteiger partial charge in [0.15, 0.2) is 0 Å². The summed E-state index contributed by atoms with van der Waals surface area (Å²) in [5.74, 6) is 0.699. The van der Waals surface area contributed by atoms with Gasteiger partial charge in [0, 0.05) is 31.9 Å². The molecule has 0 bridgehead atoms. The molecule has 0 spiro atoms. The highest BCUT2D eigenvalue weighted by Gasteiger charge is 2.17. The Hall–Kier alpha value is -2.70. The molecule has 3 aromatic rings. The molecule has 178 valence electrons. The van der Waals surface area contributed by atoms with Crippen LogP contribution in [0.3, 0.4) is 0 Å². The predicted octanol–water partition coefficient (Wildman–Crippen LogP) is 2.27. The van der Waals surface area contributed by atoms with Crippen LogP contribution in [0.25, 0.3) is 5.78 Å².